The summed E-state index contributed by atoms with van der Waals surface area (Å²) < 4.78 is 0. The van der Waals surface area contributed by atoms with Crippen LogP contribution in [-0.4, -0.2) is 52.8 Å². The van der Waals surface area contributed by atoms with Crippen molar-refractivity contribution < 1.29 is 77.1 Å². The molecular formula is C24H28Cl2N4O6Ru. The van der Waals surface area contributed by atoms with E-state index in [1.807, 2.05) is 24.3 Å². The molecule has 37 heavy (non-hydrogen) atoms. The van der Waals surface area contributed by atoms with Gasteiger partial charge in [-0.15, -0.1) is 0 Å². The second-order valence-corrected chi connectivity index (χ2v) is 6.43. The number of aromatic nitrogens is 4. The fraction of sp³-hybridized carbons (Fsp3) is 0. The second-order valence-electron chi connectivity index (χ2n) is 6.43. The SMILES string of the molecule is O.O.O.O.O.O.[Cl-].[Cl-].[Ru+2].c1cnc2c(c1)ccc1cccnc12.c1cnc2c(c1)ccc1cccnc12. The average Bonchev–Trinajstić information content (AvgIpc) is 2.79. The van der Waals surface area contributed by atoms with Crippen molar-refractivity contribution in [3.05, 3.63) is 97.6 Å². The van der Waals surface area contributed by atoms with Gasteiger partial charge < -0.3 is 57.7 Å². The molecule has 0 saturated carbocycles. The molecule has 0 unspecified atom stereocenters. The molecule has 0 fully saturated rings. The zero-order valence-corrected chi connectivity index (χ0v) is 22.4. The molecule has 13 heteroatoms. The third-order valence-electron chi connectivity index (χ3n) is 4.69. The predicted molar refractivity (Wildman–Crippen MR) is 136 cm³/mol. The normalized spacial score (nSPS) is 8.22. The first-order valence-corrected chi connectivity index (χ1v) is 9.07. The van der Waals surface area contributed by atoms with Crippen molar-refractivity contribution in [3.63, 3.8) is 0 Å². The number of hydrogen-bond acceptors (Lipinski definition) is 4. The summed E-state index contributed by atoms with van der Waals surface area (Å²) >= 11 is 0. The minimum atomic E-state index is 0. The van der Waals surface area contributed by atoms with E-state index in [2.05, 4.69) is 68.5 Å². The maximum atomic E-state index is 4.35. The van der Waals surface area contributed by atoms with Gasteiger partial charge in [-0.2, -0.15) is 0 Å². The van der Waals surface area contributed by atoms with Crippen LogP contribution in [0.1, 0.15) is 0 Å². The summed E-state index contributed by atoms with van der Waals surface area (Å²) in [5, 5.41) is 4.55. The standard InChI is InChI=1S/2C12H8N2.2ClH.6H2O.Ru/c2*1-3-9-5-6-10-4-2-8-14-12(10)11(9)13-7-1;;;;;;;;;/h2*1-8H;2*1H;6*1H2;/q;;;;;;;;;;+2/p-2. The number of pyridine rings is 4. The van der Waals surface area contributed by atoms with Crippen LogP contribution in [0, 0.1) is 0 Å². The van der Waals surface area contributed by atoms with Gasteiger partial charge in [0.25, 0.3) is 0 Å². The quantitative estimate of drug-likeness (QED) is 0.117. The van der Waals surface area contributed by atoms with Crippen molar-refractivity contribution in [2.75, 3.05) is 0 Å². The Labute approximate surface area is 237 Å². The molecule has 0 radical (unpaired) electrons. The van der Waals surface area contributed by atoms with Gasteiger partial charge in [0.1, 0.15) is 0 Å². The Morgan fingerprint density at radius 2 is 0.514 bits per heavy atom. The minimum Gasteiger partial charge on any atom is -1.00 e. The molecule has 2 aromatic carbocycles. The van der Waals surface area contributed by atoms with E-state index in [9.17, 15) is 0 Å². The molecule has 6 rings (SSSR count). The molecule has 0 spiro atoms. The molecule has 4 aromatic heterocycles. The van der Waals surface area contributed by atoms with Crippen LogP contribution >= 0.6 is 0 Å². The van der Waals surface area contributed by atoms with Crippen LogP contribution in [-0.2, 0) is 19.5 Å². The molecule has 0 bridgehead atoms. The van der Waals surface area contributed by atoms with Crippen LogP contribution < -0.4 is 24.8 Å². The summed E-state index contributed by atoms with van der Waals surface area (Å²) in [6.45, 7) is 0. The van der Waals surface area contributed by atoms with Crippen LogP contribution in [0.5, 0.6) is 0 Å². The Kier molecular flexibility index (Phi) is 24.0. The molecule has 0 aliphatic heterocycles. The molecule has 12 N–H and O–H groups in total. The predicted octanol–water partition coefficient (Wildman–Crippen LogP) is -5.38. The van der Waals surface area contributed by atoms with Crippen molar-refractivity contribution in [1.82, 2.24) is 19.9 Å². The molecule has 0 aliphatic rings. The summed E-state index contributed by atoms with van der Waals surface area (Å²) in [4.78, 5) is 17.4. The summed E-state index contributed by atoms with van der Waals surface area (Å²) in [6.07, 6.45) is 7.21. The van der Waals surface area contributed by atoms with Crippen molar-refractivity contribution in [2.24, 2.45) is 0 Å². The minimum absolute atomic E-state index is 0. The zero-order valence-electron chi connectivity index (χ0n) is 19.1. The molecule has 0 amide bonds. The van der Waals surface area contributed by atoms with Gasteiger partial charge in [-0.25, -0.2) is 0 Å². The number of nitrogens with zero attached hydrogens (tertiary/aromatic N) is 4. The Hall–Kier alpha value is -2.96. The fourth-order valence-electron chi connectivity index (χ4n) is 3.36. The van der Waals surface area contributed by atoms with Gasteiger partial charge in [-0.1, -0.05) is 48.5 Å². The largest absolute Gasteiger partial charge is 2.00 e. The van der Waals surface area contributed by atoms with E-state index in [1.54, 1.807) is 24.8 Å². The Balaban J connectivity index is -0.000000148. The van der Waals surface area contributed by atoms with Crippen molar-refractivity contribution in [3.8, 4) is 0 Å². The summed E-state index contributed by atoms with van der Waals surface area (Å²) in [6, 6.07) is 24.3. The van der Waals surface area contributed by atoms with E-state index >= 15 is 0 Å². The third kappa shape index (κ3) is 9.13. The van der Waals surface area contributed by atoms with Crippen LogP contribution in [0.3, 0.4) is 0 Å². The van der Waals surface area contributed by atoms with Crippen LogP contribution in [0.25, 0.3) is 43.6 Å². The van der Waals surface area contributed by atoms with Gasteiger partial charge in [0.2, 0.25) is 0 Å². The van der Waals surface area contributed by atoms with E-state index in [0.29, 0.717) is 0 Å². The number of benzene rings is 2. The van der Waals surface area contributed by atoms with Gasteiger partial charge in [-0.3, -0.25) is 19.9 Å². The van der Waals surface area contributed by atoms with E-state index in [-0.39, 0.29) is 77.1 Å². The van der Waals surface area contributed by atoms with Gasteiger partial charge in [0.05, 0.1) is 22.1 Å². The first-order chi connectivity index (χ1) is 13.9. The Morgan fingerprint density at radius 3 is 0.703 bits per heavy atom. The molecule has 202 valence electrons. The number of halogens is 2. The Morgan fingerprint density at radius 1 is 0.324 bits per heavy atom. The number of hydrogen-bond donors (Lipinski definition) is 0. The van der Waals surface area contributed by atoms with E-state index in [0.717, 1.165) is 43.6 Å². The van der Waals surface area contributed by atoms with Gasteiger partial charge in [0, 0.05) is 46.3 Å². The fourth-order valence-corrected chi connectivity index (χ4v) is 3.36. The van der Waals surface area contributed by atoms with Crippen LogP contribution in [0.4, 0.5) is 0 Å². The molecule has 0 saturated heterocycles. The third-order valence-corrected chi connectivity index (χ3v) is 4.69. The molecular weight excluding hydrogens is 612 g/mol. The maximum Gasteiger partial charge on any atom is 2.00 e. The monoisotopic (exact) mass is 640 g/mol. The summed E-state index contributed by atoms with van der Waals surface area (Å²) in [5.41, 5.74) is 3.91. The van der Waals surface area contributed by atoms with E-state index < -0.39 is 0 Å². The first kappa shape index (κ1) is 44.1. The van der Waals surface area contributed by atoms with Gasteiger partial charge in [0.15, 0.2) is 0 Å². The molecule has 0 aliphatic carbocycles. The topological polar surface area (TPSA) is 241 Å². The van der Waals surface area contributed by atoms with E-state index in [4.69, 9.17) is 0 Å². The molecule has 10 nitrogen and oxygen atoms in total. The van der Waals surface area contributed by atoms with Gasteiger partial charge >= 0.3 is 19.5 Å². The second kappa shape index (κ2) is 20.1. The van der Waals surface area contributed by atoms with E-state index in [1.165, 1.54) is 0 Å². The zero-order chi connectivity index (χ0) is 18.8. The Bertz CT molecular complexity index is 1250. The van der Waals surface area contributed by atoms with Crippen molar-refractivity contribution in [1.29, 1.82) is 0 Å². The summed E-state index contributed by atoms with van der Waals surface area (Å²) in [5.74, 6) is 0. The van der Waals surface area contributed by atoms with Gasteiger partial charge in [-0.05, 0) is 24.3 Å². The average molecular weight is 640 g/mol. The van der Waals surface area contributed by atoms with Crippen molar-refractivity contribution in [2.45, 2.75) is 0 Å². The molecule has 6 aromatic rings. The maximum absolute atomic E-state index is 4.35. The van der Waals surface area contributed by atoms with Crippen molar-refractivity contribution >= 4 is 43.6 Å². The van der Waals surface area contributed by atoms with Crippen LogP contribution in [0.2, 0.25) is 0 Å². The summed E-state index contributed by atoms with van der Waals surface area (Å²) in [7, 11) is 0. The molecule has 0 atom stereocenters. The smallest absolute Gasteiger partial charge is 1.00 e. The van der Waals surface area contributed by atoms with Crippen LogP contribution in [0.15, 0.2) is 97.6 Å². The first-order valence-electron chi connectivity index (χ1n) is 9.07. The number of fused-ring (bicyclic) bond motifs is 6. The number of rotatable bonds is 0. The molecule has 4 heterocycles.